The highest BCUT2D eigenvalue weighted by Gasteiger charge is 2.43. The first-order valence-electron chi connectivity index (χ1n) is 9.16. The summed E-state index contributed by atoms with van der Waals surface area (Å²) in [6, 6.07) is 6.21. The van der Waals surface area contributed by atoms with E-state index in [1.165, 1.54) is 4.31 Å². The van der Waals surface area contributed by atoms with E-state index in [9.17, 15) is 8.42 Å². The normalized spacial score (nSPS) is 22.8. The van der Waals surface area contributed by atoms with E-state index >= 15 is 0 Å². The summed E-state index contributed by atoms with van der Waals surface area (Å²) in [6.07, 6.45) is 5.27. The lowest BCUT2D eigenvalue weighted by Gasteiger charge is -2.32. The van der Waals surface area contributed by atoms with Crippen LogP contribution >= 0.6 is 11.6 Å². The van der Waals surface area contributed by atoms with Crippen LogP contribution in [0.3, 0.4) is 0 Å². The molecule has 1 aromatic carbocycles. The maximum Gasteiger partial charge on any atom is 0.265 e. The van der Waals surface area contributed by atoms with Crippen molar-refractivity contribution in [2.24, 2.45) is 4.99 Å². The molecule has 0 aliphatic carbocycles. The fourth-order valence-electron chi connectivity index (χ4n) is 3.71. The number of halogens is 1. The Balaban J connectivity index is 1.82. The number of hydrogen-bond acceptors (Lipinski definition) is 5. The van der Waals surface area contributed by atoms with Crippen LogP contribution in [0.15, 0.2) is 68.4 Å². The third-order valence-corrected chi connectivity index (χ3v) is 7.57. The molecule has 0 N–H and O–H groups in total. The van der Waals surface area contributed by atoms with Gasteiger partial charge < -0.3 is 9.64 Å². The van der Waals surface area contributed by atoms with Gasteiger partial charge in [0.2, 0.25) is 0 Å². The zero-order valence-corrected chi connectivity index (χ0v) is 17.4. The average Bonchev–Trinajstić information content (AvgIpc) is 2.84. The second-order valence-corrected chi connectivity index (χ2v) is 9.16. The van der Waals surface area contributed by atoms with Gasteiger partial charge in [-0.05, 0) is 37.6 Å². The van der Waals surface area contributed by atoms with Gasteiger partial charge in [0, 0.05) is 36.8 Å². The molecule has 8 heteroatoms. The maximum atomic E-state index is 13.4. The molecule has 4 rings (SSSR count). The molecule has 1 atom stereocenters. The molecular weight excluding hydrogens is 398 g/mol. The van der Waals surface area contributed by atoms with Crippen molar-refractivity contribution in [3.63, 3.8) is 0 Å². The van der Waals surface area contributed by atoms with Gasteiger partial charge in [-0.15, -0.1) is 0 Å². The fourth-order valence-corrected chi connectivity index (χ4v) is 5.70. The van der Waals surface area contributed by atoms with Crippen LogP contribution in [0.5, 0.6) is 0 Å². The molecule has 6 nitrogen and oxygen atoms in total. The average molecular weight is 420 g/mol. The minimum absolute atomic E-state index is 0.212. The van der Waals surface area contributed by atoms with Crippen molar-refractivity contribution in [3.8, 4) is 0 Å². The van der Waals surface area contributed by atoms with E-state index in [0.29, 0.717) is 13.2 Å². The van der Waals surface area contributed by atoms with Crippen molar-refractivity contribution in [3.05, 3.63) is 64.1 Å². The van der Waals surface area contributed by atoms with Gasteiger partial charge in [-0.2, -0.15) is 0 Å². The van der Waals surface area contributed by atoms with Crippen LogP contribution in [-0.4, -0.2) is 56.2 Å². The monoisotopic (exact) mass is 419 g/mol. The van der Waals surface area contributed by atoms with E-state index in [-0.39, 0.29) is 10.1 Å². The van der Waals surface area contributed by atoms with Gasteiger partial charge in [-0.25, -0.2) is 12.7 Å². The van der Waals surface area contributed by atoms with E-state index in [1.54, 1.807) is 36.7 Å². The third kappa shape index (κ3) is 3.17. The molecule has 0 bridgehead atoms. The Morgan fingerprint density at radius 1 is 1.14 bits per heavy atom. The lowest BCUT2D eigenvalue weighted by atomic mass is 10.0. The van der Waals surface area contributed by atoms with Crippen LogP contribution in [0.4, 0.5) is 0 Å². The number of benzene rings is 1. The first-order chi connectivity index (χ1) is 13.4. The van der Waals surface area contributed by atoms with E-state index in [4.69, 9.17) is 16.3 Å². The highest BCUT2D eigenvalue weighted by atomic mass is 35.5. The smallest absolute Gasteiger partial charge is 0.265 e. The molecule has 3 aliphatic heterocycles. The van der Waals surface area contributed by atoms with Crippen LogP contribution in [0.1, 0.15) is 12.5 Å². The zero-order valence-electron chi connectivity index (χ0n) is 15.8. The van der Waals surface area contributed by atoms with Gasteiger partial charge in [0.05, 0.1) is 18.1 Å². The number of aryl methyl sites for hydroxylation is 1. The van der Waals surface area contributed by atoms with E-state index in [0.717, 1.165) is 35.5 Å². The highest BCUT2D eigenvalue weighted by Crippen LogP contribution is 2.42. The summed E-state index contributed by atoms with van der Waals surface area (Å²) in [5.41, 5.74) is 3.57. The Kier molecular flexibility index (Phi) is 5.07. The standard InChI is InChI=1S/C20H22ClN3O3S/c1-14-3-5-16(6-4-14)28(25,26)24-18-13-22-8-7-17(19(18)15(2)20(24)21)23-9-11-27-12-10-23/h3-8,13,18H,9-12H2,1-2H3. The number of hydrogen-bond donors (Lipinski definition) is 0. The zero-order chi connectivity index (χ0) is 19.9. The van der Waals surface area contributed by atoms with Gasteiger partial charge in [-0.1, -0.05) is 29.3 Å². The van der Waals surface area contributed by atoms with E-state index < -0.39 is 16.1 Å². The van der Waals surface area contributed by atoms with Gasteiger partial charge in [0.1, 0.15) is 11.2 Å². The molecule has 1 fully saturated rings. The first kappa shape index (κ1) is 19.2. The minimum atomic E-state index is -3.83. The Morgan fingerprint density at radius 2 is 1.82 bits per heavy atom. The SMILES string of the molecule is CC1=C(Cl)N(S(=O)(=O)c2ccc(C)cc2)C2C=NC=CC(N3CCOCC3)=C12. The molecule has 148 valence electrons. The number of sulfonamides is 1. The molecule has 1 saturated heterocycles. The topological polar surface area (TPSA) is 62.2 Å². The van der Waals surface area contributed by atoms with Crippen molar-refractivity contribution in [1.29, 1.82) is 0 Å². The molecule has 1 unspecified atom stereocenters. The van der Waals surface area contributed by atoms with Crippen molar-refractivity contribution in [1.82, 2.24) is 9.21 Å². The number of aliphatic imine (C=N–C) groups is 1. The van der Waals surface area contributed by atoms with Gasteiger partial charge in [0.25, 0.3) is 10.0 Å². The Hall–Kier alpha value is -2.09. The second-order valence-electron chi connectivity index (χ2n) is 6.99. The summed E-state index contributed by atoms with van der Waals surface area (Å²) in [5.74, 6) is 0. The summed E-state index contributed by atoms with van der Waals surface area (Å²) in [7, 11) is -3.83. The van der Waals surface area contributed by atoms with Crippen molar-refractivity contribution >= 4 is 27.8 Å². The number of fused-ring (bicyclic) bond motifs is 1. The molecule has 28 heavy (non-hydrogen) atoms. The van der Waals surface area contributed by atoms with Crippen molar-refractivity contribution in [2.75, 3.05) is 26.3 Å². The van der Waals surface area contributed by atoms with Crippen LogP contribution in [0.2, 0.25) is 0 Å². The second kappa shape index (κ2) is 7.39. The quantitative estimate of drug-likeness (QED) is 0.706. The van der Waals surface area contributed by atoms with Gasteiger partial charge in [0.15, 0.2) is 0 Å². The summed E-state index contributed by atoms with van der Waals surface area (Å²) in [6.45, 7) is 6.54. The predicted molar refractivity (Wildman–Crippen MR) is 110 cm³/mol. The van der Waals surface area contributed by atoms with Crippen LogP contribution in [0.25, 0.3) is 0 Å². The first-order valence-corrected chi connectivity index (χ1v) is 11.0. The molecule has 0 spiro atoms. The number of nitrogens with zero attached hydrogens (tertiary/aromatic N) is 3. The highest BCUT2D eigenvalue weighted by molar-refractivity contribution is 7.89. The van der Waals surface area contributed by atoms with E-state index in [2.05, 4.69) is 9.89 Å². The Labute approximate surface area is 170 Å². The van der Waals surface area contributed by atoms with E-state index in [1.807, 2.05) is 19.9 Å². The van der Waals surface area contributed by atoms with Crippen LogP contribution in [-0.2, 0) is 14.8 Å². The summed E-state index contributed by atoms with van der Waals surface area (Å²) >= 11 is 6.59. The summed E-state index contributed by atoms with van der Waals surface area (Å²) in [4.78, 5) is 6.72. The lowest BCUT2D eigenvalue weighted by Crippen LogP contribution is -2.39. The van der Waals surface area contributed by atoms with Crippen LogP contribution in [0, 0.1) is 6.92 Å². The molecular formula is C20H22ClN3O3S. The molecule has 0 saturated carbocycles. The van der Waals surface area contributed by atoms with Crippen molar-refractivity contribution < 1.29 is 13.2 Å². The number of rotatable bonds is 3. The molecule has 3 aliphatic rings. The maximum absolute atomic E-state index is 13.4. The molecule has 0 aromatic heterocycles. The number of morpholine rings is 1. The van der Waals surface area contributed by atoms with Crippen LogP contribution < -0.4 is 0 Å². The molecule has 3 heterocycles. The lowest BCUT2D eigenvalue weighted by molar-refractivity contribution is 0.0549. The molecule has 0 amide bonds. The number of allylic oxidation sites excluding steroid dienone is 1. The fraction of sp³-hybridized carbons (Fsp3) is 0.350. The molecule has 1 aromatic rings. The van der Waals surface area contributed by atoms with Gasteiger partial charge >= 0.3 is 0 Å². The van der Waals surface area contributed by atoms with Crippen molar-refractivity contribution in [2.45, 2.75) is 24.8 Å². The summed E-state index contributed by atoms with van der Waals surface area (Å²) in [5, 5.41) is 0.216. The third-order valence-electron chi connectivity index (χ3n) is 5.21. The number of ether oxygens (including phenoxy) is 1. The minimum Gasteiger partial charge on any atom is -0.378 e. The molecule has 0 radical (unpaired) electrons. The van der Waals surface area contributed by atoms with Gasteiger partial charge in [-0.3, -0.25) is 4.99 Å². The predicted octanol–water partition coefficient (Wildman–Crippen LogP) is 3.02. The summed E-state index contributed by atoms with van der Waals surface area (Å²) < 4.78 is 33.6. The Morgan fingerprint density at radius 3 is 2.50 bits per heavy atom. The Bertz CT molecular complexity index is 1000. The largest absolute Gasteiger partial charge is 0.378 e.